The van der Waals surface area contributed by atoms with E-state index in [1.807, 2.05) is 37.5 Å². The molecule has 1 unspecified atom stereocenters. The van der Waals surface area contributed by atoms with E-state index in [0.717, 1.165) is 22.4 Å². The standard InChI is InChI=1S/C16H20N6O.2ClH/c1-17-15(11-9-19-22(2)10-11)16(23)18-8-7-14-20-12-5-3-4-6-13(12)21-14;;/h3-6,9-10,15,17H,7-8H2,1-2H3,(H,18,23)(H,20,21);2*1H. The molecule has 7 nitrogen and oxygen atoms in total. The van der Waals surface area contributed by atoms with Crippen molar-refractivity contribution in [2.45, 2.75) is 12.5 Å². The number of hydrogen-bond donors (Lipinski definition) is 3. The van der Waals surface area contributed by atoms with Crippen molar-refractivity contribution in [3.8, 4) is 0 Å². The van der Waals surface area contributed by atoms with E-state index in [1.54, 1.807) is 17.9 Å². The third-order valence-electron chi connectivity index (χ3n) is 3.71. The topological polar surface area (TPSA) is 87.6 Å². The van der Waals surface area contributed by atoms with Crippen LogP contribution in [0.4, 0.5) is 0 Å². The molecule has 3 N–H and O–H groups in total. The van der Waals surface area contributed by atoms with Crippen LogP contribution >= 0.6 is 24.8 Å². The molecule has 0 aliphatic carbocycles. The largest absolute Gasteiger partial charge is 0.354 e. The van der Waals surface area contributed by atoms with Crippen molar-refractivity contribution in [2.24, 2.45) is 7.05 Å². The molecule has 1 amide bonds. The molecular formula is C16H22Cl2N6O. The Kier molecular flexibility index (Phi) is 7.89. The van der Waals surface area contributed by atoms with Crippen LogP contribution in [0, 0.1) is 0 Å². The molecule has 2 aromatic heterocycles. The molecule has 136 valence electrons. The first-order valence-corrected chi connectivity index (χ1v) is 7.54. The monoisotopic (exact) mass is 384 g/mol. The number of aryl methyl sites for hydroxylation is 1. The summed E-state index contributed by atoms with van der Waals surface area (Å²) in [6.07, 6.45) is 4.18. The second-order valence-electron chi connectivity index (χ2n) is 5.41. The molecule has 1 atom stereocenters. The van der Waals surface area contributed by atoms with Crippen LogP contribution in [0.25, 0.3) is 11.0 Å². The summed E-state index contributed by atoms with van der Waals surface area (Å²) < 4.78 is 1.68. The number of fused-ring (bicyclic) bond motifs is 1. The van der Waals surface area contributed by atoms with Crippen molar-refractivity contribution < 1.29 is 4.79 Å². The molecule has 0 aliphatic heterocycles. The lowest BCUT2D eigenvalue weighted by atomic mass is 10.1. The van der Waals surface area contributed by atoms with Crippen LogP contribution in [0.2, 0.25) is 0 Å². The van der Waals surface area contributed by atoms with Crippen LogP contribution in [0.1, 0.15) is 17.4 Å². The molecule has 3 rings (SSSR count). The van der Waals surface area contributed by atoms with E-state index < -0.39 is 6.04 Å². The summed E-state index contributed by atoms with van der Waals surface area (Å²) in [6, 6.07) is 7.48. The van der Waals surface area contributed by atoms with Gasteiger partial charge in [-0.3, -0.25) is 9.48 Å². The number of para-hydroxylation sites is 2. The average Bonchev–Trinajstić information content (AvgIpc) is 3.14. The fraction of sp³-hybridized carbons (Fsp3) is 0.312. The van der Waals surface area contributed by atoms with Gasteiger partial charge in [0, 0.05) is 31.8 Å². The van der Waals surface area contributed by atoms with Gasteiger partial charge in [0.1, 0.15) is 11.9 Å². The number of carbonyl (C=O) groups is 1. The van der Waals surface area contributed by atoms with Crippen LogP contribution in [0.15, 0.2) is 36.7 Å². The lowest BCUT2D eigenvalue weighted by molar-refractivity contribution is -0.123. The van der Waals surface area contributed by atoms with E-state index in [4.69, 9.17) is 0 Å². The molecule has 0 aliphatic rings. The van der Waals surface area contributed by atoms with E-state index in [1.165, 1.54) is 0 Å². The summed E-state index contributed by atoms with van der Waals surface area (Å²) in [5.41, 5.74) is 2.80. The number of imidazole rings is 1. The van der Waals surface area contributed by atoms with E-state index in [-0.39, 0.29) is 30.7 Å². The zero-order chi connectivity index (χ0) is 16.2. The zero-order valence-corrected chi connectivity index (χ0v) is 15.7. The number of benzene rings is 1. The molecule has 2 heterocycles. The van der Waals surface area contributed by atoms with Crippen LogP contribution in [-0.2, 0) is 18.3 Å². The molecule has 3 aromatic rings. The lowest BCUT2D eigenvalue weighted by Gasteiger charge is -2.14. The first-order chi connectivity index (χ1) is 11.2. The number of amides is 1. The molecule has 0 saturated heterocycles. The molecule has 0 bridgehead atoms. The van der Waals surface area contributed by atoms with E-state index in [9.17, 15) is 4.79 Å². The summed E-state index contributed by atoms with van der Waals surface area (Å²) >= 11 is 0. The van der Waals surface area contributed by atoms with Gasteiger partial charge in [0.25, 0.3) is 0 Å². The fourth-order valence-electron chi connectivity index (χ4n) is 2.57. The third kappa shape index (κ3) is 4.94. The highest BCUT2D eigenvalue weighted by Crippen LogP contribution is 2.12. The Morgan fingerprint density at radius 1 is 1.32 bits per heavy atom. The van der Waals surface area contributed by atoms with Crippen LogP contribution in [0.3, 0.4) is 0 Å². The average molecular weight is 385 g/mol. The van der Waals surface area contributed by atoms with E-state index >= 15 is 0 Å². The Balaban J connectivity index is 0.00000156. The number of aromatic amines is 1. The first kappa shape index (κ1) is 21.0. The Hall–Kier alpha value is -2.09. The molecule has 0 fully saturated rings. The van der Waals surface area contributed by atoms with Gasteiger partial charge in [0.05, 0.1) is 17.2 Å². The maximum Gasteiger partial charge on any atom is 0.241 e. The Morgan fingerprint density at radius 3 is 2.72 bits per heavy atom. The predicted octanol–water partition coefficient (Wildman–Crippen LogP) is 1.76. The molecule has 1 aromatic carbocycles. The summed E-state index contributed by atoms with van der Waals surface area (Å²) in [4.78, 5) is 20.1. The van der Waals surface area contributed by atoms with Gasteiger partial charge in [-0.2, -0.15) is 5.10 Å². The number of likely N-dealkylation sites (N-methyl/N-ethyl adjacent to an activating group) is 1. The van der Waals surface area contributed by atoms with Crippen molar-refractivity contribution in [3.63, 3.8) is 0 Å². The van der Waals surface area contributed by atoms with Crippen molar-refractivity contribution in [1.29, 1.82) is 0 Å². The number of aromatic nitrogens is 4. The summed E-state index contributed by atoms with van der Waals surface area (Å²) in [5, 5.41) is 10.1. The van der Waals surface area contributed by atoms with Crippen molar-refractivity contribution >= 4 is 41.8 Å². The van der Waals surface area contributed by atoms with Crippen LogP contribution < -0.4 is 10.6 Å². The summed E-state index contributed by atoms with van der Waals surface area (Å²) in [7, 11) is 3.59. The molecular weight excluding hydrogens is 363 g/mol. The Labute approximate surface area is 158 Å². The smallest absolute Gasteiger partial charge is 0.241 e. The normalized spacial score (nSPS) is 11.4. The first-order valence-electron chi connectivity index (χ1n) is 7.54. The van der Waals surface area contributed by atoms with Gasteiger partial charge >= 0.3 is 0 Å². The van der Waals surface area contributed by atoms with Gasteiger partial charge in [-0.15, -0.1) is 24.8 Å². The number of hydrogen-bond acceptors (Lipinski definition) is 4. The number of carbonyl (C=O) groups excluding carboxylic acids is 1. The number of H-pyrrole nitrogens is 1. The van der Waals surface area contributed by atoms with Gasteiger partial charge in [0.15, 0.2) is 0 Å². The number of rotatable bonds is 6. The SMILES string of the molecule is CNC(C(=O)NCCc1nc2ccccc2[nH]1)c1cnn(C)c1.Cl.Cl. The molecule has 9 heteroatoms. The van der Waals surface area contributed by atoms with E-state index in [0.29, 0.717) is 13.0 Å². The van der Waals surface area contributed by atoms with Gasteiger partial charge in [-0.05, 0) is 19.2 Å². The maximum absolute atomic E-state index is 12.3. The van der Waals surface area contributed by atoms with E-state index in [2.05, 4.69) is 25.7 Å². The quantitative estimate of drug-likeness (QED) is 0.604. The third-order valence-corrected chi connectivity index (χ3v) is 3.71. The highest BCUT2D eigenvalue weighted by Gasteiger charge is 2.19. The number of nitrogens with one attached hydrogen (secondary N) is 3. The Morgan fingerprint density at radius 2 is 2.08 bits per heavy atom. The highest BCUT2D eigenvalue weighted by molar-refractivity contribution is 5.85. The second-order valence-corrected chi connectivity index (χ2v) is 5.41. The van der Waals surface area contributed by atoms with Gasteiger partial charge in [0.2, 0.25) is 5.91 Å². The minimum Gasteiger partial charge on any atom is -0.354 e. The summed E-state index contributed by atoms with van der Waals surface area (Å²) in [5.74, 6) is 0.797. The van der Waals surface area contributed by atoms with Gasteiger partial charge in [-0.25, -0.2) is 4.98 Å². The summed E-state index contributed by atoms with van der Waals surface area (Å²) in [6.45, 7) is 0.525. The van der Waals surface area contributed by atoms with Gasteiger partial charge in [-0.1, -0.05) is 12.1 Å². The molecule has 0 radical (unpaired) electrons. The highest BCUT2D eigenvalue weighted by atomic mass is 35.5. The van der Waals surface area contributed by atoms with Crippen LogP contribution in [0.5, 0.6) is 0 Å². The van der Waals surface area contributed by atoms with Crippen molar-refractivity contribution in [3.05, 3.63) is 48.0 Å². The second kappa shape index (κ2) is 9.41. The number of nitrogens with zero attached hydrogens (tertiary/aromatic N) is 3. The lowest BCUT2D eigenvalue weighted by Crippen LogP contribution is -2.36. The molecule has 0 saturated carbocycles. The van der Waals surface area contributed by atoms with Crippen molar-refractivity contribution in [1.82, 2.24) is 30.4 Å². The number of halogens is 2. The van der Waals surface area contributed by atoms with Crippen LogP contribution in [-0.4, -0.2) is 39.2 Å². The molecule has 0 spiro atoms. The maximum atomic E-state index is 12.3. The van der Waals surface area contributed by atoms with Gasteiger partial charge < -0.3 is 15.6 Å². The minimum absolute atomic E-state index is 0. The van der Waals surface area contributed by atoms with Crippen molar-refractivity contribution in [2.75, 3.05) is 13.6 Å². The Bertz CT molecular complexity index is 783. The fourth-order valence-corrected chi connectivity index (χ4v) is 2.57. The zero-order valence-electron chi connectivity index (χ0n) is 14.0. The minimum atomic E-state index is -0.403. The molecule has 25 heavy (non-hydrogen) atoms. The predicted molar refractivity (Wildman–Crippen MR) is 102 cm³/mol.